The van der Waals surface area contributed by atoms with Crippen LogP contribution in [0.25, 0.3) is 0 Å². The van der Waals surface area contributed by atoms with Crippen LogP contribution in [-0.2, 0) is 22.2 Å². The second-order valence-electron chi connectivity index (χ2n) is 5.84. The van der Waals surface area contributed by atoms with Crippen molar-refractivity contribution >= 4 is 27.5 Å². The molecule has 1 aromatic heterocycles. The van der Waals surface area contributed by atoms with Gasteiger partial charge in [-0.2, -0.15) is 4.31 Å². The Kier molecular flexibility index (Phi) is 5.45. The number of amides is 1. The summed E-state index contributed by atoms with van der Waals surface area (Å²) in [6, 6.07) is 9.13. The Morgan fingerprint density at radius 2 is 1.84 bits per heavy atom. The van der Waals surface area contributed by atoms with Gasteiger partial charge in [0.25, 0.3) is 5.91 Å². The normalized spacial score (nSPS) is 16.1. The van der Waals surface area contributed by atoms with Gasteiger partial charge in [-0.15, -0.1) is 5.10 Å². The van der Waals surface area contributed by atoms with Gasteiger partial charge < -0.3 is 4.90 Å². The standard InChI is InChI=1S/C16H20N4O3S2/c1-2-14-15(24-18-17-14)16(21)19-8-10-20(11-9-19)25(22,23)12-13-6-4-3-5-7-13/h3-7H,2,8-12H2,1H3. The van der Waals surface area contributed by atoms with Crippen LogP contribution in [0, 0.1) is 0 Å². The second kappa shape index (κ2) is 7.59. The number of aromatic nitrogens is 2. The number of hydrogen-bond donors (Lipinski definition) is 0. The Bertz CT molecular complexity index is 828. The largest absolute Gasteiger partial charge is 0.335 e. The third kappa shape index (κ3) is 4.05. The highest BCUT2D eigenvalue weighted by atomic mass is 32.2. The molecule has 0 unspecified atom stereocenters. The summed E-state index contributed by atoms with van der Waals surface area (Å²) in [5.41, 5.74) is 1.47. The lowest BCUT2D eigenvalue weighted by Gasteiger charge is -2.33. The molecule has 0 bridgehead atoms. The van der Waals surface area contributed by atoms with Gasteiger partial charge in [0.2, 0.25) is 10.0 Å². The first-order chi connectivity index (χ1) is 12.0. The summed E-state index contributed by atoms with van der Waals surface area (Å²) < 4.78 is 30.4. The molecule has 1 aliphatic heterocycles. The molecule has 0 saturated carbocycles. The van der Waals surface area contributed by atoms with Crippen LogP contribution in [0.3, 0.4) is 0 Å². The maximum atomic E-state index is 12.6. The molecule has 1 aromatic carbocycles. The molecule has 9 heteroatoms. The van der Waals surface area contributed by atoms with Crippen molar-refractivity contribution in [2.45, 2.75) is 19.1 Å². The molecule has 25 heavy (non-hydrogen) atoms. The first-order valence-electron chi connectivity index (χ1n) is 8.13. The molecule has 0 radical (unpaired) electrons. The van der Waals surface area contributed by atoms with Crippen molar-refractivity contribution in [2.24, 2.45) is 0 Å². The van der Waals surface area contributed by atoms with Crippen molar-refractivity contribution in [1.82, 2.24) is 18.8 Å². The molecule has 1 fully saturated rings. The Labute approximate surface area is 151 Å². The molecule has 0 spiro atoms. The minimum atomic E-state index is -3.38. The molecule has 1 saturated heterocycles. The summed E-state index contributed by atoms with van der Waals surface area (Å²) >= 11 is 1.10. The molecule has 1 amide bonds. The highest BCUT2D eigenvalue weighted by molar-refractivity contribution is 7.88. The van der Waals surface area contributed by atoms with Crippen molar-refractivity contribution < 1.29 is 13.2 Å². The topological polar surface area (TPSA) is 83.5 Å². The number of nitrogens with zero attached hydrogens (tertiary/aromatic N) is 4. The van der Waals surface area contributed by atoms with E-state index in [1.54, 1.807) is 17.0 Å². The van der Waals surface area contributed by atoms with Crippen LogP contribution in [0.4, 0.5) is 0 Å². The number of carbonyl (C=O) groups excluding carboxylic acids is 1. The van der Waals surface area contributed by atoms with Gasteiger partial charge in [-0.05, 0) is 23.5 Å². The van der Waals surface area contributed by atoms with Crippen molar-refractivity contribution in [3.05, 3.63) is 46.5 Å². The fraction of sp³-hybridized carbons (Fsp3) is 0.438. The maximum absolute atomic E-state index is 12.6. The minimum absolute atomic E-state index is 0.0134. The Hall–Kier alpha value is -1.84. The van der Waals surface area contributed by atoms with Crippen LogP contribution in [0.2, 0.25) is 0 Å². The molecule has 3 rings (SSSR count). The van der Waals surface area contributed by atoms with Crippen molar-refractivity contribution in [1.29, 1.82) is 0 Å². The lowest BCUT2D eigenvalue weighted by atomic mass is 10.2. The number of benzene rings is 1. The molecule has 2 heterocycles. The molecular formula is C16H20N4O3S2. The van der Waals surface area contributed by atoms with Crippen LogP contribution in [-0.4, -0.2) is 59.3 Å². The molecule has 134 valence electrons. The number of sulfonamides is 1. The highest BCUT2D eigenvalue weighted by Gasteiger charge is 2.30. The summed E-state index contributed by atoms with van der Waals surface area (Å²) in [6.07, 6.45) is 0.656. The van der Waals surface area contributed by atoms with E-state index in [1.807, 2.05) is 25.1 Å². The van der Waals surface area contributed by atoms with E-state index in [0.717, 1.165) is 17.1 Å². The molecule has 0 aliphatic carbocycles. The highest BCUT2D eigenvalue weighted by Crippen LogP contribution is 2.18. The molecule has 2 aromatic rings. The van der Waals surface area contributed by atoms with E-state index in [1.165, 1.54) is 4.31 Å². The third-order valence-corrected chi connectivity index (χ3v) is 6.80. The molecule has 7 nitrogen and oxygen atoms in total. The fourth-order valence-corrected chi connectivity index (χ4v) is 5.03. The lowest BCUT2D eigenvalue weighted by Crippen LogP contribution is -2.50. The van der Waals surface area contributed by atoms with Gasteiger partial charge in [0, 0.05) is 26.2 Å². The number of hydrogen-bond acceptors (Lipinski definition) is 6. The van der Waals surface area contributed by atoms with Gasteiger partial charge in [-0.25, -0.2) is 8.42 Å². The van der Waals surface area contributed by atoms with Gasteiger partial charge in [-0.1, -0.05) is 41.7 Å². The van der Waals surface area contributed by atoms with E-state index in [2.05, 4.69) is 9.59 Å². The Morgan fingerprint density at radius 3 is 2.48 bits per heavy atom. The maximum Gasteiger partial charge on any atom is 0.267 e. The monoisotopic (exact) mass is 380 g/mol. The fourth-order valence-electron chi connectivity index (χ4n) is 2.79. The van der Waals surface area contributed by atoms with Gasteiger partial charge in [0.05, 0.1) is 11.4 Å². The van der Waals surface area contributed by atoms with Gasteiger partial charge in [-0.3, -0.25) is 4.79 Å². The molecule has 0 atom stereocenters. The number of piperazine rings is 1. The second-order valence-corrected chi connectivity index (χ2v) is 8.56. The first-order valence-corrected chi connectivity index (χ1v) is 10.5. The lowest BCUT2D eigenvalue weighted by molar-refractivity contribution is 0.0701. The van der Waals surface area contributed by atoms with E-state index in [-0.39, 0.29) is 11.7 Å². The molecule has 1 aliphatic rings. The SMILES string of the molecule is CCc1nnsc1C(=O)N1CCN(S(=O)(=O)Cc2ccccc2)CC1. The average molecular weight is 380 g/mol. The molecule has 0 N–H and O–H groups in total. The quantitative estimate of drug-likeness (QED) is 0.783. The van der Waals surface area contributed by atoms with Crippen LogP contribution in [0.1, 0.15) is 27.9 Å². The number of carbonyl (C=O) groups is 1. The van der Waals surface area contributed by atoms with Crippen LogP contribution >= 0.6 is 11.5 Å². The number of aryl methyl sites for hydroxylation is 1. The first kappa shape index (κ1) is 18.0. The van der Waals surface area contributed by atoms with E-state index in [4.69, 9.17) is 0 Å². The summed E-state index contributed by atoms with van der Waals surface area (Å²) in [4.78, 5) is 14.8. The van der Waals surface area contributed by atoms with E-state index >= 15 is 0 Å². The summed E-state index contributed by atoms with van der Waals surface area (Å²) in [6.45, 7) is 3.33. The Balaban J connectivity index is 1.62. The minimum Gasteiger partial charge on any atom is -0.335 e. The third-order valence-electron chi connectivity index (χ3n) is 4.20. The van der Waals surface area contributed by atoms with Gasteiger partial charge in [0.15, 0.2) is 0 Å². The molecular weight excluding hydrogens is 360 g/mol. The summed E-state index contributed by atoms with van der Waals surface area (Å²) in [5, 5.41) is 3.97. The van der Waals surface area contributed by atoms with Crippen molar-refractivity contribution in [2.75, 3.05) is 26.2 Å². The van der Waals surface area contributed by atoms with E-state index in [9.17, 15) is 13.2 Å². The van der Waals surface area contributed by atoms with Gasteiger partial charge in [0.1, 0.15) is 4.88 Å². The predicted octanol–water partition coefficient (Wildman–Crippen LogP) is 1.39. The predicted molar refractivity (Wildman–Crippen MR) is 95.8 cm³/mol. The van der Waals surface area contributed by atoms with Crippen LogP contribution in [0.5, 0.6) is 0 Å². The van der Waals surface area contributed by atoms with Gasteiger partial charge >= 0.3 is 0 Å². The zero-order chi connectivity index (χ0) is 17.9. The Morgan fingerprint density at radius 1 is 1.16 bits per heavy atom. The summed E-state index contributed by atoms with van der Waals surface area (Å²) in [5.74, 6) is -0.118. The zero-order valence-electron chi connectivity index (χ0n) is 14.0. The van der Waals surface area contributed by atoms with Crippen molar-refractivity contribution in [3.8, 4) is 0 Å². The zero-order valence-corrected chi connectivity index (χ0v) is 15.6. The summed E-state index contributed by atoms with van der Waals surface area (Å²) in [7, 11) is -3.38. The number of rotatable bonds is 5. The van der Waals surface area contributed by atoms with Crippen LogP contribution in [0.15, 0.2) is 30.3 Å². The van der Waals surface area contributed by atoms with Crippen molar-refractivity contribution in [3.63, 3.8) is 0 Å². The smallest absolute Gasteiger partial charge is 0.267 e. The average Bonchev–Trinajstić information content (AvgIpc) is 3.10. The van der Waals surface area contributed by atoms with Crippen LogP contribution < -0.4 is 0 Å². The van der Waals surface area contributed by atoms with E-state index in [0.29, 0.717) is 43.2 Å². The van der Waals surface area contributed by atoms with E-state index < -0.39 is 10.0 Å².